The number of anilines is 1. The number of fused-ring (bicyclic) bond motifs is 3. The van der Waals surface area contributed by atoms with Gasteiger partial charge in [-0.05, 0) is 29.7 Å². The highest BCUT2D eigenvalue weighted by Crippen LogP contribution is 2.33. The van der Waals surface area contributed by atoms with Gasteiger partial charge in [0, 0.05) is 25.3 Å². The Morgan fingerprint density at radius 3 is 2.57 bits per heavy atom. The van der Waals surface area contributed by atoms with Crippen molar-refractivity contribution in [3.63, 3.8) is 0 Å². The summed E-state index contributed by atoms with van der Waals surface area (Å²) in [4.78, 5) is 11.4. The quantitative estimate of drug-likeness (QED) is 0.824. The van der Waals surface area contributed by atoms with Crippen LogP contribution >= 0.6 is 0 Å². The number of carboxylic acids is 1. The van der Waals surface area contributed by atoms with E-state index in [0.717, 1.165) is 26.2 Å². The van der Waals surface area contributed by atoms with Crippen LogP contribution < -0.4 is 10.2 Å². The molecular weight excluding hydrogens is 313 g/mol. The van der Waals surface area contributed by atoms with E-state index in [0.29, 0.717) is 12.1 Å². The Hall–Kier alpha value is -1.80. The number of aliphatic carboxylic acids is 1. The summed E-state index contributed by atoms with van der Waals surface area (Å²) in [6.45, 7) is 4.06. The number of carboxylic acid groups (broad SMARTS) is 1. The highest BCUT2D eigenvalue weighted by Gasteiger charge is 2.39. The van der Waals surface area contributed by atoms with Crippen LogP contribution in [0.1, 0.15) is 17.5 Å². The molecule has 1 aromatic rings. The highest BCUT2D eigenvalue weighted by atomic mass is 19.4. The number of halogens is 3. The van der Waals surface area contributed by atoms with Gasteiger partial charge in [0.2, 0.25) is 0 Å². The van der Waals surface area contributed by atoms with Gasteiger partial charge in [0.05, 0.1) is 18.8 Å². The first kappa shape index (κ1) is 16.1. The van der Waals surface area contributed by atoms with E-state index in [1.807, 2.05) is 0 Å². The van der Waals surface area contributed by atoms with Crippen molar-refractivity contribution in [1.82, 2.24) is 5.32 Å². The van der Waals surface area contributed by atoms with Crippen LogP contribution in [0.4, 0.5) is 18.9 Å². The monoisotopic (exact) mass is 330 g/mol. The molecule has 2 saturated heterocycles. The molecule has 0 radical (unpaired) electrons. The number of nitrogens with one attached hydrogen (secondary N) is 1. The third-order valence-corrected chi connectivity index (χ3v) is 4.30. The number of carbonyl (C=O) groups is 1. The molecule has 5 nitrogen and oxygen atoms in total. The van der Waals surface area contributed by atoms with E-state index >= 15 is 0 Å². The maximum absolute atomic E-state index is 10.6. The Labute approximate surface area is 131 Å². The van der Waals surface area contributed by atoms with Crippen LogP contribution in [0.25, 0.3) is 0 Å². The fraction of sp³-hybridized carbons (Fsp3) is 0.533. The van der Waals surface area contributed by atoms with E-state index in [1.54, 1.807) is 0 Å². The number of morpholine rings is 1. The Balaban J connectivity index is 0.000000193. The molecule has 2 fully saturated rings. The minimum Gasteiger partial charge on any atom is -0.475 e. The second-order valence-corrected chi connectivity index (χ2v) is 5.86. The van der Waals surface area contributed by atoms with E-state index in [-0.39, 0.29) is 0 Å². The van der Waals surface area contributed by atoms with Crippen molar-refractivity contribution in [2.45, 2.75) is 37.8 Å². The SMILES string of the molecule is O=C(O)C(F)(F)F.c1cc2c(cc1N1CC3CC1CO3)CNC2. The third kappa shape index (κ3) is 3.42. The van der Waals surface area contributed by atoms with Crippen molar-refractivity contribution in [3.8, 4) is 0 Å². The molecule has 4 rings (SSSR count). The molecule has 3 heterocycles. The number of hydrogen-bond donors (Lipinski definition) is 2. The summed E-state index contributed by atoms with van der Waals surface area (Å²) < 4.78 is 37.4. The lowest BCUT2D eigenvalue weighted by Crippen LogP contribution is -2.36. The molecule has 2 unspecified atom stereocenters. The first-order chi connectivity index (χ1) is 10.8. The molecule has 1 aromatic carbocycles. The Morgan fingerprint density at radius 2 is 2.00 bits per heavy atom. The minimum atomic E-state index is -5.08. The van der Waals surface area contributed by atoms with E-state index in [2.05, 4.69) is 28.4 Å². The Bertz CT molecular complexity index is 606. The van der Waals surface area contributed by atoms with Gasteiger partial charge >= 0.3 is 12.1 Å². The molecule has 3 aliphatic rings. The average Bonchev–Trinajstić information content (AvgIpc) is 3.22. The predicted octanol–water partition coefficient (Wildman–Crippen LogP) is 1.90. The first-order valence-electron chi connectivity index (χ1n) is 7.35. The second kappa shape index (κ2) is 6.01. The van der Waals surface area contributed by atoms with E-state index in [1.165, 1.54) is 23.2 Å². The van der Waals surface area contributed by atoms with Gasteiger partial charge in [-0.3, -0.25) is 0 Å². The molecule has 0 aliphatic carbocycles. The lowest BCUT2D eigenvalue weighted by molar-refractivity contribution is -0.192. The van der Waals surface area contributed by atoms with Gasteiger partial charge in [-0.15, -0.1) is 0 Å². The molecule has 23 heavy (non-hydrogen) atoms. The van der Waals surface area contributed by atoms with Gasteiger partial charge in [0.25, 0.3) is 0 Å². The fourth-order valence-electron chi connectivity index (χ4n) is 3.18. The van der Waals surface area contributed by atoms with Crippen molar-refractivity contribution in [2.75, 3.05) is 18.1 Å². The van der Waals surface area contributed by atoms with Crippen molar-refractivity contribution < 1.29 is 27.8 Å². The second-order valence-electron chi connectivity index (χ2n) is 5.86. The third-order valence-electron chi connectivity index (χ3n) is 4.30. The van der Waals surface area contributed by atoms with E-state index in [4.69, 9.17) is 14.6 Å². The molecule has 2 atom stereocenters. The van der Waals surface area contributed by atoms with E-state index < -0.39 is 12.1 Å². The largest absolute Gasteiger partial charge is 0.490 e. The van der Waals surface area contributed by atoms with Gasteiger partial charge in [-0.2, -0.15) is 13.2 Å². The van der Waals surface area contributed by atoms with Gasteiger partial charge in [-0.25, -0.2) is 4.79 Å². The van der Waals surface area contributed by atoms with Crippen LogP contribution in [0, 0.1) is 0 Å². The lowest BCUT2D eigenvalue weighted by Gasteiger charge is -2.29. The van der Waals surface area contributed by atoms with Gasteiger partial charge in [-0.1, -0.05) is 6.07 Å². The molecule has 0 spiro atoms. The molecular formula is C15H17F3N2O3. The zero-order valence-electron chi connectivity index (χ0n) is 12.3. The van der Waals surface area contributed by atoms with Crippen molar-refractivity contribution >= 4 is 11.7 Å². The summed E-state index contributed by atoms with van der Waals surface area (Å²) in [6, 6.07) is 7.53. The summed E-state index contributed by atoms with van der Waals surface area (Å²) in [5, 5.41) is 10.5. The maximum Gasteiger partial charge on any atom is 0.490 e. The predicted molar refractivity (Wildman–Crippen MR) is 76.2 cm³/mol. The summed E-state index contributed by atoms with van der Waals surface area (Å²) in [5.74, 6) is -2.76. The average molecular weight is 330 g/mol. The summed E-state index contributed by atoms with van der Waals surface area (Å²) in [5.41, 5.74) is 4.32. The highest BCUT2D eigenvalue weighted by molar-refractivity contribution is 5.73. The summed E-state index contributed by atoms with van der Waals surface area (Å²) in [7, 11) is 0. The van der Waals surface area contributed by atoms with Crippen LogP contribution in [0.5, 0.6) is 0 Å². The number of alkyl halides is 3. The number of hydrogen-bond acceptors (Lipinski definition) is 4. The molecule has 2 bridgehead atoms. The maximum atomic E-state index is 10.6. The summed E-state index contributed by atoms with van der Waals surface area (Å²) >= 11 is 0. The summed E-state index contributed by atoms with van der Waals surface area (Å²) in [6.07, 6.45) is -3.38. The molecule has 2 N–H and O–H groups in total. The molecule has 0 amide bonds. The zero-order chi connectivity index (χ0) is 16.6. The van der Waals surface area contributed by atoms with Crippen LogP contribution in [-0.4, -0.2) is 42.5 Å². The van der Waals surface area contributed by atoms with Crippen LogP contribution in [0.15, 0.2) is 18.2 Å². The van der Waals surface area contributed by atoms with E-state index in [9.17, 15) is 13.2 Å². The van der Waals surface area contributed by atoms with Crippen molar-refractivity contribution in [3.05, 3.63) is 29.3 Å². The van der Waals surface area contributed by atoms with Crippen LogP contribution in [0.3, 0.4) is 0 Å². The van der Waals surface area contributed by atoms with Crippen LogP contribution in [-0.2, 0) is 22.6 Å². The Morgan fingerprint density at radius 1 is 1.30 bits per heavy atom. The molecule has 3 aliphatic heterocycles. The molecule has 0 saturated carbocycles. The van der Waals surface area contributed by atoms with Crippen LogP contribution in [0.2, 0.25) is 0 Å². The minimum absolute atomic E-state index is 0.483. The lowest BCUT2D eigenvalue weighted by atomic mass is 10.1. The van der Waals surface area contributed by atoms with Gasteiger partial charge in [0.15, 0.2) is 0 Å². The zero-order valence-corrected chi connectivity index (χ0v) is 12.3. The molecule has 0 aromatic heterocycles. The topological polar surface area (TPSA) is 61.8 Å². The first-order valence-corrected chi connectivity index (χ1v) is 7.35. The molecule has 126 valence electrons. The Kier molecular flexibility index (Phi) is 4.20. The normalized spacial score (nSPS) is 25.1. The number of ether oxygens (including phenoxy) is 1. The number of rotatable bonds is 1. The number of nitrogens with zero attached hydrogens (tertiary/aromatic N) is 1. The van der Waals surface area contributed by atoms with Gasteiger partial charge in [0.1, 0.15) is 0 Å². The van der Waals surface area contributed by atoms with Crippen molar-refractivity contribution in [1.29, 1.82) is 0 Å². The standard InChI is InChI=1S/C13H16N2O.C2HF3O2/c1-2-11(3-10-6-14-5-9(1)10)15-7-13-4-12(15)8-16-13;3-2(4,5)1(6)7/h1-3,12-14H,4-8H2;(H,6,7). The number of benzene rings is 1. The van der Waals surface area contributed by atoms with Crippen molar-refractivity contribution in [2.24, 2.45) is 0 Å². The molecule has 8 heteroatoms. The smallest absolute Gasteiger partial charge is 0.475 e. The fourth-order valence-corrected chi connectivity index (χ4v) is 3.18. The van der Waals surface area contributed by atoms with Gasteiger partial charge < -0.3 is 20.1 Å².